The van der Waals surface area contributed by atoms with Gasteiger partial charge < -0.3 is 0 Å². The maximum absolute atomic E-state index is 11.1. The van der Waals surface area contributed by atoms with Crippen LogP contribution in [0.2, 0.25) is 0 Å². The molecule has 2 rings (SSSR count). The Hall–Kier alpha value is -1.76. The van der Waals surface area contributed by atoms with E-state index in [1.54, 1.807) is 12.1 Å². The van der Waals surface area contributed by atoms with Gasteiger partial charge in [0.25, 0.3) is 0 Å². The molecule has 75 valence electrons. The van der Waals surface area contributed by atoms with Crippen LogP contribution in [0.25, 0.3) is 0 Å². The minimum absolute atomic E-state index is 0.0977. The summed E-state index contributed by atoms with van der Waals surface area (Å²) in [6.07, 6.45) is 1.92. The quantitative estimate of drug-likeness (QED) is 0.716. The monoisotopic (exact) mass is 197 g/mol. The molecule has 1 heteroatoms. The minimum atomic E-state index is 0.0977. The van der Waals surface area contributed by atoms with Crippen molar-refractivity contribution in [1.29, 1.82) is 0 Å². The van der Waals surface area contributed by atoms with Crippen molar-refractivity contribution in [2.45, 2.75) is 12.8 Å². The maximum Gasteiger partial charge on any atom is 0.178 e. The van der Waals surface area contributed by atoms with Crippen LogP contribution in [0.5, 0.6) is 5.75 Å². The van der Waals surface area contributed by atoms with Crippen LogP contribution in [0, 0.1) is 0 Å². The number of benzene rings is 2. The predicted octanol–water partition coefficient (Wildman–Crippen LogP) is 3.62. The molecule has 15 heavy (non-hydrogen) atoms. The molecule has 0 N–H and O–H groups in total. The van der Waals surface area contributed by atoms with Gasteiger partial charge in [-0.1, -0.05) is 42.5 Å². The van der Waals surface area contributed by atoms with Crippen molar-refractivity contribution in [2.24, 2.45) is 0 Å². The van der Waals surface area contributed by atoms with Crippen molar-refractivity contribution in [3.05, 3.63) is 65.7 Å². The lowest BCUT2D eigenvalue weighted by molar-refractivity contribution is 0.354. The van der Waals surface area contributed by atoms with Crippen molar-refractivity contribution in [3.63, 3.8) is 0 Å². The van der Waals surface area contributed by atoms with E-state index in [0.29, 0.717) is 0 Å². The van der Waals surface area contributed by atoms with E-state index in [4.69, 9.17) is 0 Å². The summed E-state index contributed by atoms with van der Waals surface area (Å²) in [6.45, 7) is 0. The molecular formula is C14H13O. The highest BCUT2D eigenvalue weighted by molar-refractivity contribution is 5.28. The van der Waals surface area contributed by atoms with Crippen molar-refractivity contribution in [3.8, 4) is 5.75 Å². The van der Waals surface area contributed by atoms with Gasteiger partial charge in [0.1, 0.15) is 0 Å². The van der Waals surface area contributed by atoms with E-state index in [9.17, 15) is 5.11 Å². The first-order chi connectivity index (χ1) is 7.34. The normalized spacial score (nSPS) is 10.1. The fourth-order valence-corrected chi connectivity index (χ4v) is 1.63. The zero-order valence-corrected chi connectivity index (χ0v) is 8.52. The Morgan fingerprint density at radius 3 is 2.13 bits per heavy atom. The Bertz CT molecular complexity index is 420. The van der Waals surface area contributed by atoms with Gasteiger partial charge in [-0.3, -0.25) is 5.11 Å². The van der Waals surface area contributed by atoms with Crippen LogP contribution in [0.15, 0.2) is 54.6 Å². The first-order valence-electron chi connectivity index (χ1n) is 5.14. The Morgan fingerprint density at radius 2 is 1.40 bits per heavy atom. The number of aryl methyl sites for hydroxylation is 2. The van der Waals surface area contributed by atoms with Gasteiger partial charge in [-0.2, -0.15) is 0 Å². The number of rotatable bonds is 3. The molecule has 1 radical (unpaired) electrons. The van der Waals surface area contributed by atoms with Crippen LogP contribution in [0.1, 0.15) is 11.1 Å². The second kappa shape index (κ2) is 4.65. The number of hydrogen-bond acceptors (Lipinski definition) is 0. The highest BCUT2D eigenvalue weighted by Gasteiger charge is 1.97. The van der Waals surface area contributed by atoms with Gasteiger partial charge in [-0.15, -0.1) is 0 Å². The Kier molecular flexibility index (Phi) is 3.03. The Labute approximate surface area is 90.0 Å². The lowest BCUT2D eigenvalue weighted by Gasteiger charge is -2.01. The molecule has 0 heterocycles. The smallest absolute Gasteiger partial charge is 0.178 e. The van der Waals surface area contributed by atoms with Gasteiger partial charge in [0, 0.05) is 0 Å². The van der Waals surface area contributed by atoms with Crippen molar-refractivity contribution >= 4 is 0 Å². The van der Waals surface area contributed by atoms with Gasteiger partial charge >= 0.3 is 0 Å². The zero-order valence-electron chi connectivity index (χ0n) is 8.52. The van der Waals surface area contributed by atoms with Crippen molar-refractivity contribution in [1.82, 2.24) is 0 Å². The SMILES string of the molecule is [O]c1cccc(CCc2ccccc2)c1. The molecule has 1 nitrogen and oxygen atoms in total. The molecule has 0 aliphatic rings. The van der Waals surface area contributed by atoms with Crippen LogP contribution >= 0.6 is 0 Å². The first-order valence-corrected chi connectivity index (χ1v) is 5.14. The highest BCUT2D eigenvalue weighted by Crippen LogP contribution is 2.13. The van der Waals surface area contributed by atoms with E-state index in [0.717, 1.165) is 18.4 Å². The molecule has 0 aliphatic carbocycles. The summed E-state index contributed by atoms with van der Waals surface area (Å²) in [4.78, 5) is 0. The third kappa shape index (κ3) is 2.84. The lowest BCUT2D eigenvalue weighted by atomic mass is 10.0. The third-order valence-electron chi connectivity index (χ3n) is 2.44. The maximum atomic E-state index is 11.1. The fraction of sp³-hybridized carbons (Fsp3) is 0.143. The Balaban J connectivity index is 1.99. The van der Waals surface area contributed by atoms with Gasteiger partial charge in [0.2, 0.25) is 0 Å². The van der Waals surface area contributed by atoms with E-state index < -0.39 is 0 Å². The summed E-state index contributed by atoms with van der Waals surface area (Å²) in [6, 6.07) is 17.4. The van der Waals surface area contributed by atoms with Crippen LogP contribution in [-0.4, -0.2) is 0 Å². The van der Waals surface area contributed by atoms with E-state index in [-0.39, 0.29) is 5.75 Å². The van der Waals surface area contributed by atoms with Crippen LogP contribution in [0.4, 0.5) is 0 Å². The second-order valence-corrected chi connectivity index (χ2v) is 3.63. The molecule has 0 spiro atoms. The third-order valence-corrected chi connectivity index (χ3v) is 2.44. The van der Waals surface area contributed by atoms with Crippen molar-refractivity contribution in [2.75, 3.05) is 0 Å². The van der Waals surface area contributed by atoms with E-state index >= 15 is 0 Å². The Morgan fingerprint density at radius 1 is 0.733 bits per heavy atom. The average Bonchev–Trinajstić information content (AvgIpc) is 2.28. The van der Waals surface area contributed by atoms with Gasteiger partial charge in [-0.05, 0) is 36.1 Å². The highest BCUT2D eigenvalue weighted by atomic mass is 16.3. The van der Waals surface area contributed by atoms with Gasteiger partial charge in [-0.25, -0.2) is 0 Å². The van der Waals surface area contributed by atoms with E-state index in [1.165, 1.54) is 5.56 Å². The second-order valence-electron chi connectivity index (χ2n) is 3.63. The van der Waals surface area contributed by atoms with Crippen LogP contribution in [0.3, 0.4) is 0 Å². The molecule has 0 aliphatic heterocycles. The molecule has 0 fully saturated rings. The number of hydrogen-bond donors (Lipinski definition) is 0. The van der Waals surface area contributed by atoms with Gasteiger partial charge in [0.15, 0.2) is 5.75 Å². The predicted molar refractivity (Wildman–Crippen MR) is 60.4 cm³/mol. The molecule has 0 aromatic heterocycles. The topological polar surface area (TPSA) is 19.9 Å². The molecule has 0 saturated carbocycles. The molecule has 0 saturated heterocycles. The summed E-state index contributed by atoms with van der Waals surface area (Å²) in [5.41, 5.74) is 2.43. The summed E-state index contributed by atoms with van der Waals surface area (Å²) in [5, 5.41) is 11.1. The fourth-order valence-electron chi connectivity index (χ4n) is 1.63. The minimum Gasteiger partial charge on any atom is -0.290 e. The molecule has 0 bridgehead atoms. The standard InChI is InChI=1S/C14H13O/c15-14-8-4-7-13(11-14)10-9-12-5-2-1-3-6-12/h1-8,11H,9-10H2. The summed E-state index contributed by atoms with van der Waals surface area (Å²) >= 11 is 0. The molecular weight excluding hydrogens is 184 g/mol. The van der Waals surface area contributed by atoms with E-state index in [1.807, 2.05) is 30.3 Å². The van der Waals surface area contributed by atoms with E-state index in [2.05, 4.69) is 12.1 Å². The van der Waals surface area contributed by atoms with Crippen molar-refractivity contribution < 1.29 is 5.11 Å². The zero-order chi connectivity index (χ0) is 10.5. The summed E-state index contributed by atoms with van der Waals surface area (Å²) in [5.74, 6) is 0.0977. The average molecular weight is 197 g/mol. The summed E-state index contributed by atoms with van der Waals surface area (Å²) < 4.78 is 0. The lowest BCUT2D eigenvalue weighted by Crippen LogP contribution is -1.90. The largest absolute Gasteiger partial charge is 0.290 e. The molecule has 0 atom stereocenters. The molecule has 2 aromatic rings. The van der Waals surface area contributed by atoms with Gasteiger partial charge in [0.05, 0.1) is 0 Å². The molecule has 0 unspecified atom stereocenters. The summed E-state index contributed by atoms with van der Waals surface area (Å²) in [7, 11) is 0. The van der Waals surface area contributed by atoms with Crippen LogP contribution in [-0.2, 0) is 17.9 Å². The molecule has 2 aromatic carbocycles. The van der Waals surface area contributed by atoms with Crippen LogP contribution < -0.4 is 0 Å². The first kappa shape index (κ1) is 9.78. The molecule has 0 amide bonds.